The fourth-order valence-electron chi connectivity index (χ4n) is 5.06. The number of hydrogen-bond donors (Lipinski definition) is 0. The molecular weight excluding hydrogens is 372 g/mol. The highest BCUT2D eigenvalue weighted by Gasteiger charge is 2.08. The molecule has 0 unspecified atom stereocenters. The lowest BCUT2D eigenvalue weighted by Crippen LogP contribution is -2.01. The quantitative estimate of drug-likeness (QED) is 0.112. The van der Waals surface area contributed by atoms with Gasteiger partial charge in [0.05, 0.1) is 0 Å². The Hall–Kier alpha value is 0. The summed E-state index contributed by atoms with van der Waals surface area (Å²) in [5.41, 5.74) is 0. The molecule has 0 saturated carbocycles. The SMILES string of the molecule is [CH2]CCCC(CCCCCCCCCCCCC)CCCCCCCCCCCCC. The van der Waals surface area contributed by atoms with E-state index in [1.54, 1.807) is 0 Å². The first kappa shape index (κ1) is 31.0. The van der Waals surface area contributed by atoms with E-state index in [0.29, 0.717) is 0 Å². The molecule has 0 rings (SSSR count). The molecule has 0 fully saturated rings. The predicted molar refractivity (Wildman–Crippen MR) is 145 cm³/mol. The normalized spacial score (nSPS) is 11.6. The molecule has 0 atom stereocenters. The van der Waals surface area contributed by atoms with Gasteiger partial charge in [0, 0.05) is 0 Å². The lowest BCUT2D eigenvalue weighted by atomic mass is 9.90. The molecule has 0 aliphatic rings. The van der Waals surface area contributed by atoms with E-state index in [-0.39, 0.29) is 0 Å². The molecule has 0 bridgehead atoms. The van der Waals surface area contributed by atoms with Gasteiger partial charge in [-0.1, -0.05) is 194 Å². The molecule has 31 heavy (non-hydrogen) atoms. The largest absolute Gasteiger partial charge is 0.0654 e. The summed E-state index contributed by atoms with van der Waals surface area (Å²) in [7, 11) is 0. The highest BCUT2D eigenvalue weighted by molar-refractivity contribution is 4.62. The van der Waals surface area contributed by atoms with Crippen molar-refractivity contribution in [2.75, 3.05) is 0 Å². The first-order chi connectivity index (χ1) is 15.3. The molecule has 0 aromatic heterocycles. The third-order valence-corrected chi connectivity index (χ3v) is 7.29. The van der Waals surface area contributed by atoms with Crippen LogP contribution in [0.1, 0.15) is 187 Å². The second-order valence-corrected chi connectivity index (χ2v) is 10.5. The van der Waals surface area contributed by atoms with Crippen LogP contribution >= 0.6 is 0 Å². The molecule has 0 aromatic carbocycles. The van der Waals surface area contributed by atoms with Gasteiger partial charge in [0.15, 0.2) is 0 Å². The molecule has 0 N–H and O–H groups in total. The van der Waals surface area contributed by atoms with Crippen molar-refractivity contribution in [1.29, 1.82) is 0 Å². The van der Waals surface area contributed by atoms with Crippen LogP contribution in [0.3, 0.4) is 0 Å². The Bertz CT molecular complexity index is 268. The lowest BCUT2D eigenvalue weighted by Gasteiger charge is -2.16. The van der Waals surface area contributed by atoms with Crippen molar-refractivity contribution >= 4 is 0 Å². The van der Waals surface area contributed by atoms with Gasteiger partial charge in [-0.15, -0.1) is 0 Å². The zero-order chi connectivity index (χ0) is 22.7. The summed E-state index contributed by atoms with van der Waals surface area (Å²) in [5.74, 6) is 0.999. The van der Waals surface area contributed by atoms with Gasteiger partial charge in [-0.05, 0) is 5.92 Å². The van der Waals surface area contributed by atoms with Gasteiger partial charge in [0.25, 0.3) is 0 Å². The second-order valence-electron chi connectivity index (χ2n) is 10.5. The number of rotatable bonds is 27. The van der Waals surface area contributed by atoms with Crippen LogP contribution in [0.15, 0.2) is 0 Å². The summed E-state index contributed by atoms with van der Waals surface area (Å²) in [5, 5.41) is 0. The number of hydrogen-bond acceptors (Lipinski definition) is 0. The fourth-order valence-corrected chi connectivity index (χ4v) is 5.06. The van der Waals surface area contributed by atoms with Crippen LogP contribution in [0.4, 0.5) is 0 Å². The van der Waals surface area contributed by atoms with Crippen LogP contribution < -0.4 is 0 Å². The maximum atomic E-state index is 4.08. The maximum Gasteiger partial charge on any atom is -0.0414 e. The molecule has 0 heteroatoms. The summed E-state index contributed by atoms with van der Waals surface area (Å²) in [4.78, 5) is 0. The van der Waals surface area contributed by atoms with Crippen LogP contribution in [0.2, 0.25) is 0 Å². The molecule has 0 amide bonds. The molecule has 187 valence electrons. The van der Waals surface area contributed by atoms with E-state index in [1.165, 1.54) is 167 Å². The molecule has 0 aromatic rings. The Morgan fingerprint density at radius 1 is 0.355 bits per heavy atom. The first-order valence-electron chi connectivity index (χ1n) is 15.1. The first-order valence-corrected chi connectivity index (χ1v) is 15.1. The Kier molecular flexibility index (Phi) is 28.0. The summed E-state index contributed by atoms with van der Waals surface area (Å²) < 4.78 is 0. The number of unbranched alkanes of at least 4 members (excludes halogenated alkanes) is 21. The van der Waals surface area contributed by atoms with Crippen LogP contribution in [0, 0.1) is 12.8 Å². The lowest BCUT2D eigenvalue weighted by molar-refractivity contribution is 0.372. The van der Waals surface area contributed by atoms with Gasteiger partial charge in [-0.2, -0.15) is 0 Å². The van der Waals surface area contributed by atoms with Crippen molar-refractivity contribution in [3.8, 4) is 0 Å². The molecule has 1 radical (unpaired) electrons. The van der Waals surface area contributed by atoms with Crippen molar-refractivity contribution in [3.63, 3.8) is 0 Å². The van der Waals surface area contributed by atoms with E-state index in [1.807, 2.05) is 0 Å². The van der Waals surface area contributed by atoms with Crippen LogP contribution in [-0.2, 0) is 0 Å². The van der Waals surface area contributed by atoms with E-state index in [0.717, 1.165) is 12.3 Å². The Morgan fingerprint density at radius 2 is 0.613 bits per heavy atom. The summed E-state index contributed by atoms with van der Waals surface area (Å²) in [6, 6.07) is 0. The maximum absolute atomic E-state index is 4.08. The van der Waals surface area contributed by atoms with Crippen LogP contribution in [0.5, 0.6) is 0 Å². The Morgan fingerprint density at radius 3 is 0.903 bits per heavy atom. The molecule has 0 aliphatic carbocycles. The molecular formula is C31H63. The van der Waals surface area contributed by atoms with E-state index in [9.17, 15) is 0 Å². The van der Waals surface area contributed by atoms with E-state index in [4.69, 9.17) is 0 Å². The second kappa shape index (κ2) is 28.0. The van der Waals surface area contributed by atoms with E-state index in [2.05, 4.69) is 20.8 Å². The van der Waals surface area contributed by atoms with Crippen molar-refractivity contribution in [3.05, 3.63) is 6.92 Å². The third kappa shape index (κ3) is 26.1. The minimum atomic E-state index is 0.999. The average molecular weight is 436 g/mol. The van der Waals surface area contributed by atoms with Gasteiger partial charge < -0.3 is 0 Å². The zero-order valence-corrected chi connectivity index (χ0v) is 22.4. The van der Waals surface area contributed by atoms with Gasteiger partial charge in [-0.3, -0.25) is 0 Å². The Labute approximate surface area is 200 Å². The van der Waals surface area contributed by atoms with Gasteiger partial charge in [-0.25, -0.2) is 0 Å². The molecule has 0 saturated heterocycles. The monoisotopic (exact) mass is 435 g/mol. The van der Waals surface area contributed by atoms with Crippen molar-refractivity contribution in [2.24, 2.45) is 5.92 Å². The Balaban J connectivity index is 3.50. The fraction of sp³-hybridized carbons (Fsp3) is 0.968. The summed E-state index contributed by atoms with van der Waals surface area (Å²) in [6.07, 6.45) is 39.1. The minimum absolute atomic E-state index is 0.999. The average Bonchev–Trinajstić information content (AvgIpc) is 2.78. The van der Waals surface area contributed by atoms with Gasteiger partial charge in [0.1, 0.15) is 0 Å². The summed E-state index contributed by atoms with van der Waals surface area (Å²) >= 11 is 0. The highest BCUT2D eigenvalue weighted by atomic mass is 14.1. The molecule has 0 nitrogen and oxygen atoms in total. The van der Waals surface area contributed by atoms with Crippen molar-refractivity contribution in [1.82, 2.24) is 0 Å². The molecule has 0 aliphatic heterocycles. The minimum Gasteiger partial charge on any atom is -0.0654 e. The summed E-state index contributed by atoms with van der Waals surface area (Å²) in [6.45, 7) is 8.70. The molecule has 0 heterocycles. The highest BCUT2D eigenvalue weighted by Crippen LogP contribution is 2.24. The van der Waals surface area contributed by atoms with Crippen LogP contribution in [0.25, 0.3) is 0 Å². The van der Waals surface area contributed by atoms with E-state index >= 15 is 0 Å². The van der Waals surface area contributed by atoms with Gasteiger partial charge >= 0.3 is 0 Å². The topological polar surface area (TPSA) is 0 Å². The van der Waals surface area contributed by atoms with Gasteiger partial charge in [0.2, 0.25) is 0 Å². The van der Waals surface area contributed by atoms with Crippen molar-refractivity contribution < 1.29 is 0 Å². The van der Waals surface area contributed by atoms with E-state index < -0.39 is 0 Å². The predicted octanol–water partition coefficient (Wildman–Crippen LogP) is 12.0. The third-order valence-electron chi connectivity index (χ3n) is 7.29. The smallest absolute Gasteiger partial charge is 0.0414 e. The zero-order valence-electron chi connectivity index (χ0n) is 22.4. The standard InChI is InChI=1S/C31H63/c1-4-7-10-12-14-16-18-20-22-24-26-29-31(28-9-6-3)30-27-25-23-21-19-17-15-13-11-8-5-2/h31H,3-30H2,1-2H3. The van der Waals surface area contributed by atoms with Crippen LogP contribution in [-0.4, -0.2) is 0 Å². The molecule has 0 spiro atoms. The van der Waals surface area contributed by atoms with Crippen molar-refractivity contribution in [2.45, 2.75) is 187 Å².